The van der Waals surface area contributed by atoms with Crippen molar-refractivity contribution in [2.24, 2.45) is 5.92 Å². The van der Waals surface area contributed by atoms with Gasteiger partial charge in [0.2, 0.25) is 5.91 Å². The molecule has 0 aliphatic carbocycles. The van der Waals surface area contributed by atoms with Gasteiger partial charge in [-0.3, -0.25) is 14.4 Å². The van der Waals surface area contributed by atoms with Gasteiger partial charge >= 0.3 is 17.9 Å². The van der Waals surface area contributed by atoms with Crippen LogP contribution in [0.2, 0.25) is 0 Å². The first kappa shape index (κ1) is 29.2. The fourth-order valence-corrected chi connectivity index (χ4v) is 4.28. The molecule has 1 heterocycles. The lowest BCUT2D eigenvalue weighted by Gasteiger charge is -2.17. The van der Waals surface area contributed by atoms with E-state index in [1.54, 1.807) is 54.6 Å². The Kier molecular flexibility index (Phi) is 9.99. The summed E-state index contributed by atoms with van der Waals surface area (Å²) in [5.41, 5.74) is 1.62. The van der Waals surface area contributed by atoms with Gasteiger partial charge in [0, 0.05) is 24.2 Å². The van der Waals surface area contributed by atoms with E-state index < -0.39 is 36.2 Å². The number of nitrogens with zero attached hydrogens (tertiary/aromatic N) is 1. The zero-order valence-electron chi connectivity index (χ0n) is 22.7. The third-order valence-corrected chi connectivity index (χ3v) is 6.60. The van der Waals surface area contributed by atoms with E-state index in [1.165, 1.54) is 29.2 Å². The van der Waals surface area contributed by atoms with Gasteiger partial charge in [-0.05, 0) is 67.1 Å². The lowest BCUT2D eigenvalue weighted by atomic mass is 10.1. The van der Waals surface area contributed by atoms with Gasteiger partial charge in [-0.2, -0.15) is 0 Å². The number of hydrogen-bond donors (Lipinski definition) is 0. The first-order chi connectivity index (χ1) is 19.9. The van der Waals surface area contributed by atoms with E-state index in [4.69, 9.17) is 14.2 Å². The number of Topliss-reactive ketones (excluding diaryl/α,β-unsaturated/α-hetero) is 1. The smallest absolute Gasteiger partial charge is 0.343 e. The number of hydrogen-bond acceptors (Lipinski definition) is 8. The number of benzene rings is 3. The summed E-state index contributed by atoms with van der Waals surface area (Å²) in [5, 5.41) is 0. The third kappa shape index (κ3) is 7.88. The minimum absolute atomic E-state index is 0.0459. The molecule has 9 heteroatoms. The molecule has 9 nitrogen and oxygen atoms in total. The topological polar surface area (TPSA) is 116 Å². The van der Waals surface area contributed by atoms with Crippen LogP contribution >= 0.6 is 0 Å². The molecule has 0 unspecified atom stereocenters. The van der Waals surface area contributed by atoms with Crippen LogP contribution in [0, 0.1) is 5.92 Å². The summed E-state index contributed by atoms with van der Waals surface area (Å²) in [6.07, 6.45) is 2.78. The zero-order chi connectivity index (χ0) is 29.2. The molecule has 1 amide bonds. The molecule has 1 aliphatic rings. The molecule has 1 atom stereocenters. The number of anilines is 1. The Bertz CT molecular complexity index is 1380. The lowest BCUT2D eigenvalue weighted by molar-refractivity contribution is -0.147. The van der Waals surface area contributed by atoms with E-state index in [-0.39, 0.29) is 30.2 Å². The average Bonchev–Trinajstić information content (AvgIpc) is 3.40. The predicted octanol–water partition coefficient (Wildman–Crippen LogP) is 5.03. The maximum absolute atomic E-state index is 12.6. The minimum atomic E-state index is -0.724. The quantitative estimate of drug-likeness (QED) is 0.132. The van der Waals surface area contributed by atoms with Gasteiger partial charge < -0.3 is 19.1 Å². The molecular formula is C32H31NO8. The molecule has 0 aromatic heterocycles. The van der Waals surface area contributed by atoms with Crippen LogP contribution in [0.1, 0.15) is 63.7 Å². The van der Waals surface area contributed by atoms with Gasteiger partial charge in [-0.25, -0.2) is 9.59 Å². The van der Waals surface area contributed by atoms with Crippen LogP contribution in [0.15, 0.2) is 78.9 Å². The van der Waals surface area contributed by atoms with Crippen molar-refractivity contribution >= 4 is 35.3 Å². The summed E-state index contributed by atoms with van der Waals surface area (Å²) in [7, 11) is 0. The van der Waals surface area contributed by atoms with Crippen LogP contribution < -0.4 is 9.64 Å². The normalized spacial score (nSPS) is 14.4. The van der Waals surface area contributed by atoms with E-state index in [9.17, 15) is 24.0 Å². The van der Waals surface area contributed by atoms with Crippen LogP contribution in [-0.2, 0) is 19.1 Å². The highest BCUT2D eigenvalue weighted by Crippen LogP contribution is 2.26. The fraction of sp³-hybridized carbons (Fsp3) is 0.281. The molecule has 0 radical (unpaired) electrons. The number of carbonyl (C=O) groups is 5. The summed E-state index contributed by atoms with van der Waals surface area (Å²) in [4.78, 5) is 63.6. The largest absolute Gasteiger partial charge is 0.462 e. The third-order valence-electron chi connectivity index (χ3n) is 6.60. The Morgan fingerprint density at radius 3 is 2.12 bits per heavy atom. The Balaban J connectivity index is 1.25. The molecule has 1 aliphatic heterocycles. The van der Waals surface area contributed by atoms with Crippen molar-refractivity contribution in [2.75, 3.05) is 24.7 Å². The summed E-state index contributed by atoms with van der Waals surface area (Å²) in [6.45, 7) is 2.05. The summed E-state index contributed by atoms with van der Waals surface area (Å²) >= 11 is 0. The second-order valence-electron chi connectivity index (χ2n) is 9.61. The molecule has 1 saturated heterocycles. The van der Waals surface area contributed by atoms with Gasteiger partial charge in [0.05, 0.1) is 23.7 Å². The van der Waals surface area contributed by atoms with E-state index in [1.807, 2.05) is 0 Å². The van der Waals surface area contributed by atoms with Gasteiger partial charge in [0.1, 0.15) is 5.75 Å². The SMILES string of the molecule is CCCCCOC(=O)c1ccc(N2C[C@@H](C(=O)OCC(=O)c3ccc(OC(=O)c4ccccc4)cc3)CC2=O)cc1. The van der Waals surface area contributed by atoms with Crippen molar-refractivity contribution in [3.05, 3.63) is 95.6 Å². The van der Waals surface area contributed by atoms with Crippen molar-refractivity contribution < 1.29 is 38.2 Å². The number of rotatable bonds is 12. The molecule has 212 valence electrons. The number of unbranched alkanes of at least 4 members (excludes halogenated alkanes) is 2. The standard InChI is InChI=1S/C32H31NO8/c1-2-3-7-18-39-30(36)24-10-14-26(15-11-24)33-20-25(19-29(33)35)31(37)40-21-28(34)22-12-16-27(17-13-22)41-32(38)23-8-5-4-6-9-23/h4-6,8-17,25H,2-3,7,18-21H2,1H3/t25-/m0/s1. The van der Waals surface area contributed by atoms with Crippen LogP contribution in [0.3, 0.4) is 0 Å². The highest BCUT2D eigenvalue weighted by Gasteiger charge is 2.36. The molecule has 0 N–H and O–H groups in total. The van der Waals surface area contributed by atoms with Gasteiger partial charge in [0.15, 0.2) is 12.4 Å². The maximum Gasteiger partial charge on any atom is 0.343 e. The second-order valence-corrected chi connectivity index (χ2v) is 9.61. The molecule has 3 aromatic carbocycles. The molecule has 4 rings (SSSR count). The number of carbonyl (C=O) groups excluding carboxylic acids is 5. The van der Waals surface area contributed by atoms with Gasteiger partial charge in [0.25, 0.3) is 0 Å². The first-order valence-electron chi connectivity index (χ1n) is 13.5. The molecular weight excluding hydrogens is 526 g/mol. The predicted molar refractivity (Wildman–Crippen MR) is 150 cm³/mol. The number of ketones is 1. The van der Waals surface area contributed by atoms with E-state index in [0.29, 0.717) is 23.4 Å². The number of esters is 3. The first-order valence-corrected chi connectivity index (χ1v) is 13.5. The molecule has 3 aromatic rings. The monoisotopic (exact) mass is 557 g/mol. The van der Waals surface area contributed by atoms with Crippen LogP contribution in [0.4, 0.5) is 5.69 Å². The van der Waals surface area contributed by atoms with Crippen molar-refractivity contribution in [3.8, 4) is 5.75 Å². The highest BCUT2D eigenvalue weighted by molar-refractivity contribution is 6.01. The molecule has 1 fully saturated rings. The van der Waals surface area contributed by atoms with Crippen LogP contribution in [-0.4, -0.2) is 49.4 Å². The second kappa shape index (κ2) is 14.0. The van der Waals surface area contributed by atoms with Crippen molar-refractivity contribution in [1.29, 1.82) is 0 Å². The van der Waals surface area contributed by atoms with Crippen molar-refractivity contribution in [3.63, 3.8) is 0 Å². The maximum atomic E-state index is 12.6. The van der Waals surface area contributed by atoms with E-state index in [2.05, 4.69) is 6.92 Å². The Hall–Kier alpha value is -4.79. The van der Waals surface area contributed by atoms with E-state index in [0.717, 1.165) is 19.3 Å². The van der Waals surface area contributed by atoms with Crippen LogP contribution in [0.25, 0.3) is 0 Å². The summed E-state index contributed by atoms with van der Waals surface area (Å²) in [6, 6.07) is 20.9. The van der Waals surface area contributed by atoms with Gasteiger partial charge in [-0.1, -0.05) is 38.0 Å². The van der Waals surface area contributed by atoms with E-state index >= 15 is 0 Å². The average molecular weight is 558 g/mol. The number of amides is 1. The Labute approximate surface area is 238 Å². The highest BCUT2D eigenvalue weighted by atomic mass is 16.5. The Morgan fingerprint density at radius 1 is 0.780 bits per heavy atom. The molecule has 41 heavy (non-hydrogen) atoms. The molecule has 0 saturated carbocycles. The van der Waals surface area contributed by atoms with Crippen LogP contribution in [0.5, 0.6) is 5.75 Å². The summed E-state index contributed by atoms with van der Waals surface area (Å²) in [5.74, 6) is -2.72. The number of ether oxygens (including phenoxy) is 3. The minimum Gasteiger partial charge on any atom is -0.462 e. The van der Waals surface area contributed by atoms with Gasteiger partial charge in [-0.15, -0.1) is 0 Å². The lowest BCUT2D eigenvalue weighted by Crippen LogP contribution is -2.27. The molecule has 0 spiro atoms. The van der Waals surface area contributed by atoms with Crippen molar-refractivity contribution in [1.82, 2.24) is 0 Å². The summed E-state index contributed by atoms with van der Waals surface area (Å²) < 4.78 is 15.8. The Morgan fingerprint density at radius 2 is 1.44 bits per heavy atom. The van der Waals surface area contributed by atoms with Crippen molar-refractivity contribution in [2.45, 2.75) is 32.6 Å². The fourth-order valence-electron chi connectivity index (χ4n) is 4.28. The zero-order valence-corrected chi connectivity index (χ0v) is 22.7. The molecule has 0 bridgehead atoms.